The van der Waals surface area contributed by atoms with E-state index in [0.29, 0.717) is 6.79 Å². The van der Waals surface area contributed by atoms with Gasteiger partial charge in [-0.3, -0.25) is 0 Å². The largest absolute Gasteiger partial charge is 0.475 e. The first-order valence-electron chi connectivity index (χ1n) is 8.92. The highest BCUT2D eigenvalue weighted by atomic mass is 16.7. The normalized spacial score (nSPS) is 11.6. The summed E-state index contributed by atoms with van der Waals surface area (Å²) in [5, 5.41) is 0. The van der Waals surface area contributed by atoms with Crippen LogP contribution in [0.1, 0.15) is 72.1 Å². The summed E-state index contributed by atoms with van der Waals surface area (Å²) in [6, 6.07) is 0. The third kappa shape index (κ3) is 15.8. The zero-order valence-corrected chi connectivity index (χ0v) is 14.9. The Balaban J connectivity index is 3.48. The number of rotatable bonds is 17. The number of ether oxygens (including phenoxy) is 4. The average molecular weight is 316 g/mol. The number of allylic oxidation sites excluding steroid dienone is 1. The SMILES string of the molecule is CCCCCCOCOC=CCCC(OCCC)OCCC. The highest BCUT2D eigenvalue weighted by Gasteiger charge is 2.07. The van der Waals surface area contributed by atoms with Gasteiger partial charge < -0.3 is 18.9 Å². The Hall–Kier alpha value is -0.580. The second-order valence-corrected chi connectivity index (χ2v) is 5.37. The van der Waals surface area contributed by atoms with Crippen LogP contribution in [0.4, 0.5) is 0 Å². The fourth-order valence-electron chi connectivity index (χ4n) is 1.86. The lowest BCUT2D eigenvalue weighted by Crippen LogP contribution is -2.18. The molecule has 0 amide bonds. The van der Waals surface area contributed by atoms with E-state index in [2.05, 4.69) is 20.8 Å². The van der Waals surface area contributed by atoms with Crippen LogP contribution < -0.4 is 0 Å². The monoisotopic (exact) mass is 316 g/mol. The van der Waals surface area contributed by atoms with Crippen molar-refractivity contribution in [3.8, 4) is 0 Å². The summed E-state index contributed by atoms with van der Waals surface area (Å²) in [6.07, 6.45) is 12.3. The maximum atomic E-state index is 5.66. The molecule has 0 bridgehead atoms. The zero-order valence-electron chi connectivity index (χ0n) is 14.9. The van der Waals surface area contributed by atoms with Gasteiger partial charge in [-0.15, -0.1) is 0 Å². The summed E-state index contributed by atoms with van der Waals surface area (Å²) in [7, 11) is 0. The Morgan fingerprint density at radius 1 is 0.818 bits per heavy atom. The van der Waals surface area contributed by atoms with Crippen LogP contribution in [-0.2, 0) is 18.9 Å². The number of hydrogen-bond acceptors (Lipinski definition) is 4. The van der Waals surface area contributed by atoms with E-state index in [1.165, 1.54) is 19.3 Å². The highest BCUT2D eigenvalue weighted by molar-refractivity contribution is 4.73. The number of unbranched alkanes of at least 4 members (excludes halogenated alkanes) is 3. The topological polar surface area (TPSA) is 36.9 Å². The van der Waals surface area contributed by atoms with Crippen LogP contribution in [0.15, 0.2) is 12.3 Å². The third-order valence-corrected chi connectivity index (χ3v) is 3.07. The molecule has 0 N–H and O–H groups in total. The first-order valence-corrected chi connectivity index (χ1v) is 8.92. The Morgan fingerprint density at radius 2 is 1.55 bits per heavy atom. The van der Waals surface area contributed by atoms with E-state index < -0.39 is 0 Å². The molecule has 0 unspecified atom stereocenters. The average Bonchev–Trinajstić information content (AvgIpc) is 2.54. The maximum absolute atomic E-state index is 5.66. The van der Waals surface area contributed by atoms with Gasteiger partial charge in [-0.1, -0.05) is 40.0 Å². The van der Waals surface area contributed by atoms with E-state index in [-0.39, 0.29) is 6.29 Å². The van der Waals surface area contributed by atoms with Crippen LogP contribution >= 0.6 is 0 Å². The molecule has 0 rings (SSSR count). The summed E-state index contributed by atoms with van der Waals surface area (Å²) in [6.45, 7) is 9.04. The van der Waals surface area contributed by atoms with E-state index in [1.807, 2.05) is 6.08 Å². The summed E-state index contributed by atoms with van der Waals surface area (Å²) in [5.41, 5.74) is 0. The second-order valence-electron chi connectivity index (χ2n) is 5.37. The van der Waals surface area contributed by atoms with Crippen molar-refractivity contribution in [2.24, 2.45) is 0 Å². The van der Waals surface area contributed by atoms with Gasteiger partial charge in [0.25, 0.3) is 0 Å². The molecule has 22 heavy (non-hydrogen) atoms. The Labute approximate surface area is 137 Å². The molecule has 0 saturated heterocycles. The van der Waals surface area contributed by atoms with Gasteiger partial charge in [0, 0.05) is 19.6 Å². The zero-order chi connectivity index (χ0) is 16.3. The molecule has 0 aliphatic heterocycles. The van der Waals surface area contributed by atoms with Crippen LogP contribution in [0.25, 0.3) is 0 Å². The van der Waals surface area contributed by atoms with Crippen molar-refractivity contribution in [3.05, 3.63) is 12.3 Å². The summed E-state index contributed by atoms with van der Waals surface area (Å²) >= 11 is 0. The fraction of sp³-hybridized carbons (Fsp3) is 0.889. The third-order valence-electron chi connectivity index (χ3n) is 3.07. The van der Waals surface area contributed by atoms with Crippen molar-refractivity contribution in [3.63, 3.8) is 0 Å². The second kappa shape index (κ2) is 18.5. The molecule has 4 heteroatoms. The standard InChI is InChI=1S/C18H36O4/c1-4-7-8-10-15-19-17-20-16-11-9-12-18(21-13-5-2)22-14-6-3/h11,16,18H,4-10,12-15,17H2,1-3H3. The van der Waals surface area contributed by atoms with Gasteiger partial charge in [-0.05, 0) is 31.8 Å². The first-order chi connectivity index (χ1) is 10.8. The van der Waals surface area contributed by atoms with Gasteiger partial charge in [0.2, 0.25) is 0 Å². The van der Waals surface area contributed by atoms with Gasteiger partial charge in [0.05, 0.1) is 12.9 Å². The number of hydrogen-bond donors (Lipinski definition) is 0. The Morgan fingerprint density at radius 3 is 2.18 bits per heavy atom. The van der Waals surface area contributed by atoms with Crippen LogP contribution in [-0.4, -0.2) is 32.9 Å². The minimum atomic E-state index is -0.0978. The molecule has 0 aromatic heterocycles. The van der Waals surface area contributed by atoms with Crippen LogP contribution in [0, 0.1) is 0 Å². The predicted octanol–water partition coefficient (Wildman–Crippen LogP) is 5.03. The van der Waals surface area contributed by atoms with Crippen molar-refractivity contribution in [2.75, 3.05) is 26.6 Å². The van der Waals surface area contributed by atoms with Gasteiger partial charge >= 0.3 is 0 Å². The summed E-state index contributed by atoms with van der Waals surface area (Å²) in [4.78, 5) is 0. The van der Waals surface area contributed by atoms with E-state index in [4.69, 9.17) is 18.9 Å². The van der Waals surface area contributed by atoms with E-state index >= 15 is 0 Å². The molecular weight excluding hydrogens is 280 g/mol. The molecule has 0 fully saturated rings. The van der Waals surface area contributed by atoms with E-state index in [1.54, 1.807) is 6.26 Å². The minimum absolute atomic E-state index is 0.0978. The molecule has 0 aliphatic rings. The van der Waals surface area contributed by atoms with Crippen molar-refractivity contribution in [1.29, 1.82) is 0 Å². The molecule has 0 spiro atoms. The van der Waals surface area contributed by atoms with Crippen molar-refractivity contribution >= 4 is 0 Å². The molecule has 0 aliphatic carbocycles. The predicted molar refractivity (Wildman–Crippen MR) is 90.7 cm³/mol. The summed E-state index contributed by atoms with van der Waals surface area (Å²) in [5.74, 6) is 0. The molecule has 0 saturated carbocycles. The fourth-order valence-corrected chi connectivity index (χ4v) is 1.86. The molecule has 0 aromatic carbocycles. The molecule has 0 heterocycles. The molecular formula is C18H36O4. The molecule has 0 radical (unpaired) electrons. The van der Waals surface area contributed by atoms with Crippen LogP contribution in [0.3, 0.4) is 0 Å². The highest BCUT2D eigenvalue weighted by Crippen LogP contribution is 2.07. The van der Waals surface area contributed by atoms with Crippen LogP contribution in [0.2, 0.25) is 0 Å². The van der Waals surface area contributed by atoms with E-state index in [9.17, 15) is 0 Å². The lowest BCUT2D eigenvalue weighted by atomic mass is 10.2. The van der Waals surface area contributed by atoms with Gasteiger partial charge in [0.1, 0.15) is 0 Å². The first kappa shape index (κ1) is 21.4. The molecule has 132 valence electrons. The molecule has 0 aromatic rings. The maximum Gasteiger partial charge on any atom is 0.188 e. The lowest BCUT2D eigenvalue weighted by molar-refractivity contribution is -0.145. The smallest absolute Gasteiger partial charge is 0.188 e. The Kier molecular flexibility index (Phi) is 18.0. The minimum Gasteiger partial charge on any atom is -0.475 e. The van der Waals surface area contributed by atoms with E-state index in [0.717, 1.165) is 51.9 Å². The van der Waals surface area contributed by atoms with Crippen molar-refractivity contribution in [2.45, 2.75) is 78.4 Å². The Bertz CT molecular complexity index is 223. The van der Waals surface area contributed by atoms with Gasteiger partial charge in [0.15, 0.2) is 13.1 Å². The van der Waals surface area contributed by atoms with Gasteiger partial charge in [-0.25, -0.2) is 0 Å². The van der Waals surface area contributed by atoms with Crippen molar-refractivity contribution in [1.82, 2.24) is 0 Å². The van der Waals surface area contributed by atoms with Crippen LogP contribution in [0.5, 0.6) is 0 Å². The quantitative estimate of drug-likeness (QED) is 0.214. The lowest BCUT2D eigenvalue weighted by Gasteiger charge is -2.17. The molecule has 4 nitrogen and oxygen atoms in total. The van der Waals surface area contributed by atoms with Crippen molar-refractivity contribution < 1.29 is 18.9 Å². The molecule has 0 atom stereocenters. The van der Waals surface area contributed by atoms with Gasteiger partial charge in [-0.2, -0.15) is 0 Å². The summed E-state index contributed by atoms with van der Waals surface area (Å²) < 4.78 is 22.0.